The Hall–Kier alpha value is -0.400. The molecule has 0 aliphatic heterocycles. The van der Waals surface area contributed by atoms with Crippen LogP contribution in [0.15, 0.2) is 0 Å². The first-order valence-corrected chi connectivity index (χ1v) is 3.97. The SMILES string of the molecule is NC(CSCC(=O)O)C(=O)O.S. The maximum absolute atomic E-state index is 10.1. The highest BCUT2D eigenvalue weighted by Crippen LogP contribution is 2.00. The highest BCUT2D eigenvalue weighted by molar-refractivity contribution is 8.00. The zero-order valence-electron chi connectivity index (χ0n) is 6.19. The topological polar surface area (TPSA) is 101 Å². The molecule has 0 bridgehead atoms. The van der Waals surface area contributed by atoms with Crippen LogP contribution in [0, 0.1) is 0 Å². The first-order valence-electron chi connectivity index (χ1n) is 2.82. The Kier molecular flexibility index (Phi) is 8.56. The molecule has 12 heavy (non-hydrogen) atoms. The second-order valence-corrected chi connectivity index (χ2v) is 2.88. The standard InChI is InChI=1S/C5H9NO4S.H2S/c6-3(5(9)10)1-11-2-4(7)8;/h3H,1-2,6H2,(H,7,8)(H,9,10);1H2. The Morgan fingerprint density at radius 3 is 2.25 bits per heavy atom. The van der Waals surface area contributed by atoms with Gasteiger partial charge in [0.1, 0.15) is 6.04 Å². The van der Waals surface area contributed by atoms with Crippen molar-refractivity contribution in [2.45, 2.75) is 6.04 Å². The van der Waals surface area contributed by atoms with Crippen LogP contribution in [-0.2, 0) is 9.59 Å². The number of carboxylic acids is 2. The number of rotatable bonds is 5. The van der Waals surface area contributed by atoms with Crippen molar-refractivity contribution in [3.8, 4) is 0 Å². The minimum atomic E-state index is -1.11. The number of thioether (sulfide) groups is 1. The number of carbonyl (C=O) groups is 2. The van der Waals surface area contributed by atoms with E-state index in [1.165, 1.54) is 0 Å². The number of hydrogen-bond donors (Lipinski definition) is 3. The van der Waals surface area contributed by atoms with Gasteiger partial charge < -0.3 is 15.9 Å². The van der Waals surface area contributed by atoms with E-state index in [1.807, 2.05) is 0 Å². The van der Waals surface area contributed by atoms with E-state index < -0.39 is 18.0 Å². The third kappa shape index (κ3) is 7.70. The quantitative estimate of drug-likeness (QED) is 0.560. The van der Waals surface area contributed by atoms with Gasteiger partial charge in [-0.25, -0.2) is 0 Å². The van der Waals surface area contributed by atoms with Gasteiger partial charge in [-0.3, -0.25) is 9.59 Å². The second-order valence-electron chi connectivity index (χ2n) is 1.85. The summed E-state index contributed by atoms with van der Waals surface area (Å²) in [6.07, 6.45) is 0. The van der Waals surface area contributed by atoms with Crippen LogP contribution in [0.5, 0.6) is 0 Å². The van der Waals surface area contributed by atoms with Crippen molar-refractivity contribution >= 4 is 37.2 Å². The molecule has 4 N–H and O–H groups in total. The van der Waals surface area contributed by atoms with Crippen LogP contribution in [0.2, 0.25) is 0 Å². The van der Waals surface area contributed by atoms with E-state index in [1.54, 1.807) is 0 Å². The smallest absolute Gasteiger partial charge is 0.321 e. The summed E-state index contributed by atoms with van der Waals surface area (Å²) >= 11 is 0.992. The lowest BCUT2D eigenvalue weighted by molar-refractivity contribution is -0.138. The van der Waals surface area contributed by atoms with Gasteiger partial charge in [0.15, 0.2) is 0 Å². The van der Waals surface area contributed by atoms with Gasteiger partial charge in [-0.1, -0.05) is 0 Å². The van der Waals surface area contributed by atoms with E-state index in [0.29, 0.717) is 0 Å². The summed E-state index contributed by atoms with van der Waals surface area (Å²) in [5.74, 6) is -2.06. The van der Waals surface area contributed by atoms with E-state index in [-0.39, 0.29) is 25.0 Å². The Morgan fingerprint density at radius 1 is 1.42 bits per heavy atom. The fourth-order valence-electron chi connectivity index (χ4n) is 0.344. The Labute approximate surface area is 80.8 Å². The van der Waals surface area contributed by atoms with Crippen molar-refractivity contribution in [3.63, 3.8) is 0 Å². The first kappa shape index (κ1) is 14.1. The van der Waals surface area contributed by atoms with Crippen LogP contribution < -0.4 is 5.73 Å². The normalized spacial score (nSPS) is 11.4. The number of carboxylic acid groups (broad SMARTS) is 2. The summed E-state index contributed by atoms with van der Waals surface area (Å²) in [6.45, 7) is 0. The van der Waals surface area contributed by atoms with Gasteiger partial charge in [0.05, 0.1) is 5.75 Å². The van der Waals surface area contributed by atoms with Crippen molar-refractivity contribution < 1.29 is 19.8 Å². The van der Waals surface area contributed by atoms with E-state index in [0.717, 1.165) is 11.8 Å². The average molecular weight is 213 g/mol. The maximum Gasteiger partial charge on any atom is 0.321 e. The zero-order chi connectivity index (χ0) is 8.85. The highest BCUT2D eigenvalue weighted by atomic mass is 32.2. The Morgan fingerprint density at radius 2 is 1.92 bits per heavy atom. The molecule has 1 atom stereocenters. The summed E-state index contributed by atoms with van der Waals surface area (Å²) in [5.41, 5.74) is 5.09. The predicted octanol–water partition coefficient (Wildman–Crippen LogP) is -0.671. The van der Waals surface area contributed by atoms with Crippen LogP contribution in [-0.4, -0.2) is 39.7 Å². The van der Waals surface area contributed by atoms with E-state index in [2.05, 4.69) is 0 Å². The van der Waals surface area contributed by atoms with Crippen LogP contribution in [0.4, 0.5) is 0 Å². The molecule has 0 amide bonds. The summed E-state index contributed by atoms with van der Waals surface area (Å²) in [4.78, 5) is 20.0. The molecule has 72 valence electrons. The molecule has 0 aromatic heterocycles. The molecular formula is C5H11NO4S2. The molecule has 0 aromatic rings. The van der Waals surface area contributed by atoms with Crippen LogP contribution in [0.3, 0.4) is 0 Å². The molecular weight excluding hydrogens is 202 g/mol. The Bertz CT molecular complexity index is 164. The maximum atomic E-state index is 10.1. The van der Waals surface area contributed by atoms with Gasteiger partial charge in [0, 0.05) is 5.75 Å². The third-order valence-electron chi connectivity index (χ3n) is 0.840. The molecule has 0 radical (unpaired) electrons. The van der Waals surface area contributed by atoms with Crippen molar-refractivity contribution in [2.75, 3.05) is 11.5 Å². The van der Waals surface area contributed by atoms with Crippen molar-refractivity contribution in [3.05, 3.63) is 0 Å². The molecule has 5 nitrogen and oxygen atoms in total. The molecule has 0 rings (SSSR count). The minimum Gasteiger partial charge on any atom is -0.481 e. The molecule has 7 heteroatoms. The lowest BCUT2D eigenvalue weighted by Gasteiger charge is -2.02. The predicted molar refractivity (Wildman–Crippen MR) is 51.0 cm³/mol. The zero-order valence-corrected chi connectivity index (χ0v) is 8.00. The molecule has 0 saturated heterocycles. The Balaban J connectivity index is 0. The van der Waals surface area contributed by atoms with Crippen LogP contribution >= 0.6 is 25.3 Å². The lowest BCUT2D eigenvalue weighted by Crippen LogP contribution is -2.32. The highest BCUT2D eigenvalue weighted by Gasteiger charge is 2.11. The van der Waals surface area contributed by atoms with Crippen LogP contribution in [0.25, 0.3) is 0 Å². The molecule has 0 aliphatic rings. The summed E-state index contributed by atoms with van der Waals surface area (Å²) in [7, 11) is 0. The van der Waals surface area contributed by atoms with E-state index in [9.17, 15) is 9.59 Å². The van der Waals surface area contributed by atoms with Crippen molar-refractivity contribution in [1.82, 2.24) is 0 Å². The summed E-state index contributed by atoms with van der Waals surface area (Å²) in [6, 6.07) is -0.973. The fourth-order valence-corrected chi connectivity index (χ4v) is 1.03. The van der Waals surface area contributed by atoms with E-state index >= 15 is 0 Å². The monoisotopic (exact) mass is 213 g/mol. The van der Waals surface area contributed by atoms with Gasteiger partial charge in [0.2, 0.25) is 0 Å². The fraction of sp³-hybridized carbons (Fsp3) is 0.600. The third-order valence-corrected chi connectivity index (χ3v) is 1.89. The number of aliphatic carboxylic acids is 2. The van der Waals surface area contributed by atoms with Gasteiger partial charge in [-0.15, -0.1) is 11.8 Å². The summed E-state index contributed by atoms with van der Waals surface area (Å²) < 4.78 is 0. The second kappa shape index (κ2) is 7.26. The molecule has 0 spiro atoms. The number of nitrogens with two attached hydrogens (primary N) is 1. The van der Waals surface area contributed by atoms with Crippen molar-refractivity contribution in [1.29, 1.82) is 0 Å². The van der Waals surface area contributed by atoms with Crippen molar-refractivity contribution in [2.24, 2.45) is 5.73 Å². The molecule has 0 fully saturated rings. The number of hydrogen-bond acceptors (Lipinski definition) is 4. The summed E-state index contributed by atoms with van der Waals surface area (Å²) in [5, 5.41) is 16.4. The molecule has 0 saturated carbocycles. The van der Waals surface area contributed by atoms with Gasteiger partial charge in [-0.05, 0) is 0 Å². The minimum absolute atomic E-state index is 0. The van der Waals surface area contributed by atoms with E-state index in [4.69, 9.17) is 15.9 Å². The molecule has 0 aromatic carbocycles. The molecule has 1 unspecified atom stereocenters. The largest absolute Gasteiger partial charge is 0.481 e. The average Bonchev–Trinajstić information content (AvgIpc) is 1.86. The lowest BCUT2D eigenvalue weighted by atomic mass is 10.4. The van der Waals surface area contributed by atoms with Crippen LogP contribution in [0.1, 0.15) is 0 Å². The molecule has 0 aliphatic carbocycles. The van der Waals surface area contributed by atoms with Gasteiger partial charge in [-0.2, -0.15) is 13.5 Å². The van der Waals surface area contributed by atoms with Gasteiger partial charge >= 0.3 is 11.9 Å². The first-order chi connectivity index (χ1) is 5.04. The van der Waals surface area contributed by atoms with Gasteiger partial charge in [0.25, 0.3) is 0 Å². The molecule has 0 heterocycles.